The molecule has 0 atom stereocenters. The Morgan fingerprint density at radius 2 is 2.05 bits per heavy atom. The zero-order valence-corrected chi connectivity index (χ0v) is 10.7. The van der Waals surface area contributed by atoms with Gasteiger partial charge >= 0.3 is 0 Å². The molecule has 0 saturated heterocycles. The molecule has 1 heterocycles. The fraction of sp³-hybridized carbons (Fsp3) is 0.214. The van der Waals surface area contributed by atoms with Crippen molar-refractivity contribution >= 4 is 5.69 Å². The van der Waals surface area contributed by atoms with E-state index in [-0.39, 0.29) is 12.1 Å². The summed E-state index contributed by atoms with van der Waals surface area (Å²) in [4.78, 5) is 4.10. The van der Waals surface area contributed by atoms with E-state index in [1.165, 1.54) is 13.2 Å². The number of methoxy groups -OCH3 is 1. The highest BCUT2D eigenvalue weighted by Crippen LogP contribution is 2.24. The van der Waals surface area contributed by atoms with Crippen LogP contribution in [0.25, 0.3) is 0 Å². The quantitative estimate of drug-likeness (QED) is 0.920. The van der Waals surface area contributed by atoms with Gasteiger partial charge in [0.25, 0.3) is 0 Å². The fourth-order valence-electron chi connectivity index (χ4n) is 1.72. The number of hydrogen-bond acceptors (Lipinski definition) is 3. The maximum Gasteiger partial charge on any atom is 0.160 e. The summed E-state index contributed by atoms with van der Waals surface area (Å²) in [6.07, 6.45) is 1.58. The largest absolute Gasteiger partial charge is 0.493 e. The molecule has 0 unspecified atom stereocenters. The van der Waals surface area contributed by atoms with E-state index >= 15 is 0 Å². The van der Waals surface area contributed by atoms with Gasteiger partial charge < -0.3 is 10.1 Å². The zero-order valence-electron chi connectivity index (χ0n) is 10.7. The van der Waals surface area contributed by atoms with E-state index < -0.39 is 11.6 Å². The molecular weight excluding hydrogens is 250 g/mol. The molecule has 0 aliphatic heterocycles. The number of halogens is 2. The SMILES string of the molecule is COc1cnc(C)cc1NCc1cc(F)ccc1F. The summed E-state index contributed by atoms with van der Waals surface area (Å²) >= 11 is 0. The normalized spacial score (nSPS) is 10.3. The van der Waals surface area contributed by atoms with E-state index in [0.717, 1.165) is 17.8 Å². The van der Waals surface area contributed by atoms with Crippen LogP contribution in [0.2, 0.25) is 0 Å². The molecule has 100 valence electrons. The summed E-state index contributed by atoms with van der Waals surface area (Å²) < 4.78 is 31.7. The molecule has 0 bridgehead atoms. The van der Waals surface area contributed by atoms with Crippen LogP contribution in [-0.2, 0) is 6.54 Å². The minimum absolute atomic E-state index is 0.170. The molecule has 0 fully saturated rings. The average Bonchev–Trinajstić information content (AvgIpc) is 2.40. The topological polar surface area (TPSA) is 34.1 Å². The van der Waals surface area contributed by atoms with E-state index in [1.807, 2.05) is 6.92 Å². The van der Waals surface area contributed by atoms with Gasteiger partial charge in [-0.1, -0.05) is 0 Å². The van der Waals surface area contributed by atoms with Crippen molar-refractivity contribution in [2.45, 2.75) is 13.5 Å². The van der Waals surface area contributed by atoms with E-state index in [4.69, 9.17) is 4.74 Å². The minimum atomic E-state index is -0.462. The Balaban J connectivity index is 2.18. The molecule has 1 aromatic heterocycles. The fourth-order valence-corrected chi connectivity index (χ4v) is 1.72. The third-order valence-electron chi connectivity index (χ3n) is 2.70. The predicted octanol–water partition coefficient (Wildman–Crippen LogP) is 3.29. The highest BCUT2D eigenvalue weighted by Gasteiger charge is 2.07. The second-order valence-corrected chi connectivity index (χ2v) is 4.12. The number of anilines is 1. The second kappa shape index (κ2) is 5.65. The Morgan fingerprint density at radius 1 is 1.26 bits per heavy atom. The van der Waals surface area contributed by atoms with Crippen LogP contribution >= 0.6 is 0 Å². The van der Waals surface area contributed by atoms with Crippen molar-refractivity contribution in [1.29, 1.82) is 0 Å². The van der Waals surface area contributed by atoms with Gasteiger partial charge in [-0.15, -0.1) is 0 Å². The summed E-state index contributed by atoms with van der Waals surface area (Å²) in [6, 6.07) is 5.16. The number of pyridine rings is 1. The lowest BCUT2D eigenvalue weighted by Gasteiger charge is -2.12. The molecule has 0 aliphatic carbocycles. The van der Waals surface area contributed by atoms with E-state index in [1.54, 1.807) is 12.3 Å². The second-order valence-electron chi connectivity index (χ2n) is 4.12. The summed E-state index contributed by atoms with van der Waals surface area (Å²) in [5, 5.41) is 3.02. The van der Waals surface area contributed by atoms with Crippen LogP contribution in [-0.4, -0.2) is 12.1 Å². The first kappa shape index (κ1) is 13.3. The van der Waals surface area contributed by atoms with Crippen molar-refractivity contribution in [3.8, 4) is 5.75 Å². The standard InChI is InChI=1S/C14H14F2N2O/c1-9-5-13(14(19-2)8-17-9)18-7-10-6-11(15)3-4-12(10)16/h3-6,8H,7H2,1-2H3,(H,17,18). The molecule has 19 heavy (non-hydrogen) atoms. The van der Waals surface area contributed by atoms with Crippen LogP contribution in [0.3, 0.4) is 0 Å². The summed E-state index contributed by atoms with van der Waals surface area (Å²) in [6.45, 7) is 2.01. The highest BCUT2D eigenvalue weighted by atomic mass is 19.1. The molecule has 3 nitrogen and oxygen atoms in total. The third-order valence-corrected chi connectivity index (χ3v) is 2.70. The monoisotopic (exact) mass is 264 g/mol. The van der Waals surface area contributed by atoms with Crippen LogP contribution in [0.5, 0.6) is 5.75 Å². The lowest BCUT2D eigenvalue weighted by molar-refractivity contribution is 0.414. The van der Waals surface area contributed by atoms with E-state index in [2.05, 4.69) is 10.3 Å². The van der Waals surface area contributed by atoms with Crippen LogP contribution in [0, 0.1) is 18.6 Å². The number of nitrogens with zero attached hydrogens (tertiary/aromatic N) is 1. The molecule has 0 saturated carbocycles. The summed E-state index contributed by atoms with van der Waals surface area (Å²) in [5.74, 6) is -0.350. The van der Waals surface area contributed by atoms with Gasteiger partial charge in [-0.25, -0.2) is 8.78 Å². The number of benzene rings is 1. The number of nitrogens with one attached hydrogen (secondary N) is 1. The van der Waals surface area contributed by atoms with Crippen molar-refractivity contribution in [3.05, 3.63) is 53.4 Å². The van der Waals surface area contributed by atoms with E-state index in [9.17, 15) is 8.78 Å². The van der Waals surface area contributed by atoms with Gasteiger partial charge in [-0.05, 0) is 31.2 Å². The van der Waals surface area contributed by atoms with Gasteiger partial charge in [0.2, 0.25) is 0 Å². The first-order valence-corrected chi connectivity index (χ1v) is 5.78. The predicted molar refractivity (Wildman–Crippen MR) is 69.2 cm³/mol. The van der Waals surface area contributed by atoms with Crippen LogP contribution in [0.15, 0.2) is 30.5 Å². The lowest BCUT2D eigenvalue weighted by atomic mass is 10.2. The Hall–Kier alpha value is -2.17. The van der Waals surface area contributed by atoms with Crippen molar-refractivity contribution in [2.24, 2.45) is 0 Å². The van der Waals surface area contributed by atoms with E-state index in [0.29, 0.717) is 11.4 Å². The Bertz CT molecular complexity index is 588. The smallest absolute Gasteiger partial charge is 0.160 e. The number of rotatable bonds is 4. The maximum atomic E-state index is 13.5. The number of aryl methyl sites for hydroxylation is 1. The van der Waals surface area contributed by atoms with Crippen molar-refractivity contribution in [1.82, 2.24) is 4.98 Å². The molecule has 0 spiro atoms. The number of hydrogen-bond donors (Lipinski definition) is 1. The summed E-state index contributed by atoms with van der Waals surface area (Å²) in [5.41, 5.74) is 1.76. The molecule has 1 N–H and O–H groups in total. The molecule has 0 amide bonds. The zero-order chi connectivity index (χ0) is 13.8. The Morgan fingerprint density at radius 3 is 2.79 bits per heavy atom. The van der Waals surface area contributed by atoms with Crippen LogP contribution in [0.4, 0.5) is 14.5 Å². The van der Waals surface area contributed by atoms with Crippen molar-refractivity contribution in [2.75, 3.05) is 12.4 Å². The Kier molecular flexibility index (Phi) is 3.94. The molecule has 1 aromatic carbocycles. The lowest BCUT2D eigenvalue weighted by Crippen LogP contribution is -2.04. The van der Waals surface area contributed by atoms with Gasteiger partial charge in [0.05, 0.1) is 19.0 Å². The van der Waals surface area contributed by atoms with Crippen LogP contribution < -0.4 is 10.1 Å². The molecular formula is C14H14F2N2O. The summed E-state index contributed by atoms with van der Waals surface area (Å²) in [7, 11) is 1.53. The first-order valence-electron chi connectivity index (χ1n) is 5.78. The van der Waals surface area contributed by atoms with Crippen molar-refractivity contribution < 1.29 is 13.5 Å². The van der Waals surface area contributed by atoms with Gasteiger partial charge in [0, 0.05) is 17.8 Å². The maximum absolute atomic E-state index is 13.5. The molecule has 2 aromatic rings. The minimum Gasteiger partial charge on any atom is -0.493 e. The highest BCUT2D eigenvalue weighted by molar-refractivity contribution is 5.56. The van der Waals surface area contributed by atoms with Gasteiger partial charge in [-0.2, -0.15) is 0 Å². The average molecular weight is 264 g/mol. The van der Waals surface area contributed by atoms with Crippen molar-refractivity contribution in [3.63, 3.8) is 0 Å². The molecule has 2 rings (SSSR count). The first-order chi connectivity index (χ1) is 9.10. The molecule has 0 aliphatic rings. The molecule has 0 radical (unpaired) electrons. The van der Waals surface area contributed by atoms with Gasteiger partial charge in [0.1, 0.15) is 11.6 Å². The number of aromatic nitrogens is 1. The van der Waals surface area contributed by atoms with Gasteiger partial charge in [0.15, 0.2) is 5.75 Å². The third kappa shape index (κ3) is 3.19. The van der Waals surface area contributed by atoms with Gasteiger partial charge in [-0.3, -0.25) is 4.98 Å². The number of ether oxygens (including phenoxy) is 1. The Labute approximate surface area is 110 Å². The van der Waals surface area contributed by atoms with Crippen LogP contribution in [0.1, 0.15) is 11.3 Å². The molecule has 5 heteroatoms.